The molecule has 1 saturated heterocycles. The van der Waals surface area contributed by atoms with Gasteiger partial charge in [0, 0.05) is 28.9 Å². The summed E-state index contributed by atoms with van der Waals surface area (Å²) in [5, 5.41) is 3.97. The fourth-order valence-corrected chi connectivity index (χ4v) is 4.22. The van der Waals surface area contributed by atoms with Gasteiger partial charge in [-0.3, -0.25) is 9.59 Å². The van der Waals surface area contributed by atoms with E-state index < -0.39 is 0 Å². The minimum Gasteiger partial charge on any atom is -0.360 e. The number of nitrogens with one attached hydrogen (secondary N) is 2. The second-order valence-corrected chi connectivity index (χ2v) is 7.37. The number of fused-ring (bicyclic) bond motifs is 1. The molecular weight excluding hydrogens is 310 g/mol. The molecule has 4 rings (SSSR count). The standard InChI is InChI=1S/C17H19N3O2S/c1-10-6-14(10)19-16(21)15-8-23-9-20(15)17(22)12-7-18-13-5-3-2-4-11(12)13/h2-5,7,10,14-15,18H,6,8-9H2,1H3,(H,19,21). The highest BCUT2D eigenvalue weighted by atomic mass is 32.2. The number of hydrogen-bond acceptors (Lipinski definition) is 3. The van der Waals surface area contributed by atoms with E-state index in [1.165, 1.54) is 0 Å². The topological polar surface area (TPSA) is 65.2 Å². The van der Waals surface area contributed by atoms with E-state index in [9.17, 15) is 9.59 Å². The lowest BCUT2D eigenvalue weighted by atomic mass is 10.1. The maximum atomic E-state index is 12.9. The van der Waals surface area contributed by atoms with E-state index in [0.717, 1.165) is 17.3 Å². The smallest absolute Gasteiger partial charge is 0.257 e. The molecular formula is C17H19N3O2S. The lowest BCUT2D eigenvalue weighted by Crippen LogP contribution is -2.48. The Balaban J connectivity index is 1.56. The molecule has 2 fully saturated rings. The van der Waals surface area contributed by atoms with Crippen LogP contribution in [0.1, 0.15) is 23.7 Å². The summed E-state index contributed by atoms with van der Waals surface area (Å²) in [7, 11) is 0. The van der Waals surface area contributed by atoms with E-state index in [2.05, 4.69) is 17.2 Å². The van der Waals surface area contributed by atoms with Gasteiger partial charge < -0.3 is 15.2 Å². The van der Waals surface area contributed by atoms with Crippen molar-refractivity contribution in [3.05, 3.63) is 36.0 Å². The molecule has 2 heterocycles. The first-order valence-corrected chi connectivity index (χ1v) is 9.06. The normalized spacial score (nSPS) is 26.5. The summed E-state index contributed by atoms with van der Waals surface area (Å²) in [6.45, 7) is 2.13. The van der Waals surface area contributed by atoms with Crippen molar-refractivity contribution in [1.29, 1.82) is 0 Å². The molecule has 1 aromatic heterocycles. The van der Waals surface area contributed by atoms with Crippen LogP contribution in [0.15, 0.2) is 30.5 Å². The molecule has 23 heavy (non-hydrogen) atoms. The number of carbonyl (C=O) groups is 2. The zero-order valence-corrected chi connectivity index (χ0v) is 13.7. The number of H-pyrrole nitrogens is 1. The van der Waals surface area contributed by atoms with Crippen molar-refractivity contribution < 1.29 is 9.59 Å². The largest absolute Gasteiger partial charge is 0.360 e. The molecule has 1 aliphatic heterocycles. The molecule has 3 atom stereocenters. The molecule has 0 radical (unpaired) electrons. The average molecular weight is 329 g/mol. The third kappa shape index (κ3) is 2.61. The van der Waals surface area contributed by atoms with Gasteiger partial charge in [0.2, 0.25) is 5.91 Å². The zero-order valence-electron chi connectivity index (χ0n) is 12.9. The van der Waals surface area contributed by atoms with Crippen molar-refractivity contribution >= 4 is 34.5 Å². The van der Waals surface area contributed by atoms with Crippen molar-refractivity contribution in [2.24, 2.45) is 5.92 Å². The van der Waals surface area contributed by atoms with Gasteiger partial charge in [-0.15, -0.1) is 11.8 Å². The summed E-state index contributed by atoms with van der Waals surface area (Å²) in [6.07, 6.45) is 2.79. The van der Waals surface area contributed by atoms with Crippen LogP contribution in [-0.4, -0.2) is 45.4 Å². The van der Waals surface area contributed by atoms with Gasteiger partial charge in [0.25, 0.3) is 5.91 Å². The van der Waals surface area contributed by atoms with Crippen LogP contribution in [0, 0.1) is 5.92 Å². The van der Waals surface area contributed by atoms with Crippen LogP contribution in [0.3, 0.4) is 0 Å². The van der Waals surface area contributed by atoms with Crippen molar-refractivity contribution in [3.8, 4) is 0 Å². The molecule has 1 saturated carbocycles. The molecule has 3 unspecified atom stereocenters. The predicted molar refractivity (Wildman–Crippen MR) is 91.3 cm³/mol. The van der Waals surface area contributed by atoms with Gasteiger partial charge in [-0.25, -0.2) is 0 Å². The van der Waals surface area contributed by atoms with Crippen LogP contribution in [-0.2, 0) is 4.79 Å². The van der Waals surface area contributed by atoms with Gasteiger partial charge in [-0.05, 0) is 18.4 Å². The fraction of sp³-hybridized carbons (Fsp3) is 0.412. The number of aromatic nitrogens is 1. The van der Waals surface area contributed by atoms with Crippen molar-refractivity contribution in [1.82, 2.24) is 15.2 Å². The number of benzene rings is 1. The van der Waals surface area contributed by atoms with E-state index in [0.29, 0.717) is 23.1 Å². The summed E-state index contributed by atoms with van der Waals surface area (Å²) in [4.78, 5) is 30.2. The fourth-order valence-electron chi connectivity index (χ4n) is 3.07. The Morgan fingerprint density at radius 2 is 2.13 bits per heavy atom. The Bertz CT molecular complexity index is 772. The van der Waals surface area contributed by atoms with Crippen LogP contribution in [0.4, 0.5) is 0 Å². The zero-order chi connectivity index (χ0) is 16.0. The molecule has 2 aromatic rings. The van der Waals surface area contributed by atoms with Crippen molar-refractivity contribution in [2.45, 2.75) is 25.4 Å². The lowest BCUT2D eigenvalue weighted by molar-refractivity contribution is -0.124. The first-order chi connectivity index (χ1) is 11.1. The first-order valence-electron chi connectivity index (χ1n) is 7.90. The second-order valence-electron chi connectivity index (χ2n) is 6.37. The van der Waals surface area contributed by atoms with Gasteiger partial charge in [0.1, 0.15) is 6.04 Å². The summed E-state index contributed by atoms with van der Waals surface area (Å²) >= 11 is 1.63. The quantitative estimate of drug-likeness (QED) is 0.907. The molecule has 6 heteroatoms. The minimum atomic E-state index is -0.367. The molecule has 120 valence electrons. The summed E-state index contributed by atoms with van der Waals surface area (Å²) in [6, 6.07) is 7.66. The molecule has 2 N–H and O–H groups in total. The third-order valence-electron chi connectivity index (χ3n) is 4.70. The molecule has 0 spiro atoms. The van der Waals surface area contributed by atoms with Crippen LogP contribution in [0.25, 0.3) is 10.9 Å². The van der Waals surface area contributed by atoms with Crippen LogP contribution >= 0.6 is 11.8 Å². The molecule has 2 aliphatic rings. The second kappa shape index (κ2) is 5.60. The van der Waals surface area contributed by atoms with Gasteiger partial charge in [-0.2, -0.15) is 0 Å². The Morgan fingerprint density at radius 1 is 1.35 bits per heavy atom. The maximum absolute atomic E-state index is 12.9. The highest BCUT2D eigenvalue weighted by Gasteiger charge is 2.40. The van der Waals surface area contributed by atoms with E-state index in [1.54, 1.807) is 22.9 Å². The van der Waals surface area contributed by atoms with Gasteiger partial charge in [0.05, 0.1) is 11.4 Å². The molecule has 2 amide bonds. The number of carbonyl (C=O) groups excluding carboxylic acids is 2. The number of nitrogens with zero attached hydrogens (tertiary/aromatic N) is 1. The van der Waals surface area contributed by atoms with Gasteiger partial charge >= 0.3 is 0 Å². The molecule has 1 aromatic carbocycles. The van der Waals surface area contributed by atoms with E-state index in [1.807, 2.05) is 24.3 Å². The predicted octanol–water partition coefficient (Wildman–Crippen LogP) is 2.21. The Morgan fingerprint density at radius 3 is 2.91 bits per heavy atom. The lowest BCUT2D eigenvalue weighted by Gasteiger charge is -2.23. The third-order valence-corrected chi connectivity index (χ3v) is 5.71. The van der Waals surface area contributed by atoms with Crippen molar-refractivity contribution in [3.63, 3.8) is 0 Å². The molecule has 5 nitrogen and oxygen atoms in total. The van der Waals surface area contributed by atoms with E-state index in [4.69, 9.17) is 0 Å². The summed E-state index contributed by atoms with van der Waals surface area (Å²) in [5.74, 6) is 1.71. The SMILES string of the molecule is CC1CC1NC(=O)C1CSCN1C(=O)c1c[nH]c2ccccc12. The molecule has 0 bridgehead atoms. The van der Waals surface area contributed by atoms with Crippen LogP contribution in [0.2, 0.25) is 0 Å². The average Bonchev–Trinajstić information content (AvgIpc) is 3.01. The van der Waals surface area contributed by atoms with E-state index in [-0.39, 0.29) is 23.9 Å². The number of thioether (sulfide) groups is 1. The highest BCUT2D eigenvalue weighted by Crippen LogP contribution is 2.31. The summed E-state index contributed by atoms with van der Waals surface area (Å²) in [5.41, 5.74) is 1.58. The first kappa shape index (κ1) is 14.6. The Labute approximate surface area is 138 Å². The maximum Gasteiger partial charge on any atom is 0.257 e. The molecule has 1 aliphatic carbocycles. The number of aromatic amines is 1. The number of amides is 2. The van der Waals surface area contributed by atoms with E-state index >= 15 is 0 Å². The van der Waals surface area contributed by atoms with Gasteiger partial charge in [0.15, 0.2) is 0 Å². The van der Waals surface area contributed by atoms with Crippen LogP contribution < -0.4 is 5.32 Å². The Hall–Kier alpha value is -1.95. The number of rotatable bonds is 3. The number of para-hydroxylation sites is 1. The summed E-state index contributed by atoms with van der Waals surface area (Å²) < 4.78 is 0. The number of hydrogen-bond donors (Lipinski definition) is 2. The highest BCUT2D eigenvalue weighted by molar-refractivity contribution is 7.99. The van der Waals surface area contributed by atoms with Crippen LogP contribution in [0.5, 0.6) is 0 Å². The van der Waals surface area contributed by atoms with Crippen molar-refractivity contribution in [2.75, 3.05) is 11.6 Å². The Kier molecular flexibility index (Phi) is 3.56. The van der Waals surface area contributed by atoms with Gasteiger partial charge in [-0.1, -0.05) is 25.1 Å². The monoisotopic (exact) mass is 329 g/mol. The minimum absolute atomic E-state index is 0.0162.